The van der Waals surface area contributed by atoms with Gasteiger partial charge in [-0.2, -0.15) is 0 Å². The standard InChI is InChI=1S/C32H58N2O14/c1-4-6-7-8-9-10-11-12-13-14-33-31(43)46-19-32(34-23(37)5-2,17-44-29-27(41)24(38)20(3)21(15-35)47-29)18-45-30-28(42)26(40)25(39)22(16-36)48-30/h5,20-22,24-30,35-36,38-42H,2,4,6-19H2,1,3H3,(H,33,43)(H,34,37)/t20-,21?,22?,24+,25-,26+,27?,28?,29-,30-,32?/m1/s1. The molecule has 48 heavy (non-hydrogen) atoms. The van der Waals surface area contributed by atoms with Gasteiger partial charge in [0.05, 0.1) is 38.6 Å². The summed E-state index contributed by atoms with van der Waals surface area (Å²) in [5.74, 6) is -1.39. The maximum atomic E-state index is 12.7. The Hall–Kier alpha value is -1.96. The molecule has 0 bridgehead atoms. The first kappa shape index (κ1) is 42.2. The summed E-state index contributed by atoms with van der Waals surface area (Å²) < 4.78 is 28.0. The summed E-state index contributed by atoms with van der Waals surface area (Å²) in [6, 6.07) is 0. The molecule has 2 aliphatic rings. The average molecular weight is 695 g/mol. The van der Waals surface area contributed by atoms with E-state index in [-0.39, 0.29) is 0 Å². The van der Waals surface area contributed by atoms with E-state index in [9.17, 15) is 45.3 Å². The number of amides is 2. The van der Waals surface area contributed by atoms with Crippen LogP contribution in [0.15, 0.2) is 12.7 Å². The highest BCUT2D eigenvalue weighted by atomic mass is 16.7. The van der Waals surface area contributed by atoms with Gasteiger partial charge in [0.1, 0.15) is 42.7 Å². The second kappa shape index (κ2) is 22.0. The van der Waals surface area contributed by atoms with Crippen LogP contribution >= 0.6 is 0 Å². The van der Waals surface area contributed by atoms with Crippen molar-refractivity contribution in [3.8, 4) is 0 Å². The third kappa shape index (κ3) is 13.1. The molecule has 0 radical (unpaired) electrons. The molecule has 9 N–H and O–H groups in total. The molecule has 2 fully saturated rings. The number of rotatable bonds is 22. The van der Waals surface area contributed by atoms with Crippen LogP contribution in [-0.2, 0) is 28.5 Å². The fraction of sp³-hybridized carbons (Fsp3) is 0.875. The van der Waals surface area contributed by atoms with Crippen LogP contribution in [0, 0.1) is 5.92 Å². The Morgan fingerprint density at radius 1 is 0.750 bits per heavy atom. The molecule has 2 aliphatic heterocycles. The lowest BCUT2D eigenvalue weighted by molar-refractivity contribution is -0.311. The molecule has 280 valence electrons. The van der Waals surface area contributed by atoms with Crippen molar-refractivity contribution >= 4 is 12.0 Å². The zero-order valence-electron chi connectivity index (χ0n) is 28.2. The van der Waals surface area contributed by atoms with E-state index in [1.807, 2.05) is 0 Å². The Bertz CT molecular complexity index is 900. The number of carbonyl (C=O) groups is 2. The zero-order chi connectivity index (χ0) is 35.7. The van der Waals surface area contributed by atoms with Gasteiger partial charge >= 0.3 is 6.09 Å². The highest BCUT2D eigenvalue weighted by Gasteiger charge is 2.47. The van der Waals surface area contributed by atoms with Gasteiger partial charge in [0.15, 0.2) is 12.6 Å². The summed E-state index contributed by atoms with van der Waals surface area (Å²) in [6.45, 7) is 4.59. The van der Waals surface area contributed by atoms with Gasteiger partial charge < -0.3 is 70.1 Å². The first-order chi connectivity index (χ1) is 22.9. The Morgan fingerprint density at radius 3 is 1.81 bits per heavy atom. The molecule has 11 atom stereocenters. The number of unbranched alkanes of at least 4 members (excludes halogenated alkanes) is 8. The first-order valence-electron chi connectivity index (χ1n) is 16.9. The van der Waals surface area contributed by atoms with Crippen molar-refractivity contribution in [1.29, 1.82) is 0 Å². The van der Waals surface area contributed by atoms with Crippen LogP contribution in [0.5, 0.6) is 0 Å². The van der Waals surface area contributed by atoms with Crippen LogP contribution in [0.2, 0.25) is 0 Å². The molecule has 0 spiro atoms. The number of carbonyl (C=O) groups excluding carboxylic acids is 2. The highest BCUT2D eigenvalue weighted by Crippen LogP contribution is 2.28. The number of alkyl carbamates (subject to hydrolysis) is 1. The van der Waals surface area contributed by atoms with Gasteiger partial charge in [-0.05, 0) is 12.5 Å². The fourth-order valence-electron chi connectivity index (χ4n) is 5.53. The second-order valence-electron chi connectivity index (χ2n) is 12.7. The minimum Gasteiger partial charge on any atom is -0.447 e. The summed E-state index contributed by atoms with van der Waals surface area (Å²) in [7, 11) is 0. The Kier molecular flexibility index (Phi) is 19.3. The van der Waals surface area contributed by atoms with Crippen molar-refractivity contribution in [1.82, 2.24) is 10.6 Å². The van der Waals surface area contributed by atoms with Crippen molar-refractivity contribution < 1.29 is 69.0 Å². The fourth-order valence-corrected chi connectivity index (χ4v) is 5.53. The van der Waals surface area contributed by atoms with E-state index in [4.69, 9.17) is 23.7 Å². The second-order valence-corrected chi connectivity index (χ2v) is 12.7. The van der Waals surface area contributed by atoms with Crippen molar-refractivity contribution in [2.24, 2.45) is 5.92 Å². The lowest BCUT2D eigenvalue weighted by atomic mass is 9.91. The normalized spacial score (nSPS) is 31.9. The van der Waals surface area contributed by atoms with Crippen molar-refractivity contribution in [3.05, 3.63) is 12.7 Å². The molecule has 0 aromatic carbocycles. The molecule has 0 aromatic rings. The molecular weight excluding hydrogens is 636 g/mol. The van der Waals surface area contributed by atoms with E-state index in [0.29, 0.717) is 6.54 Å². The molecule has 0 aliphatic carbocycles. The van der Waals surface area contributed by atoms with Gasteiger partial charge in [0, 0.05) is 12.5 Å². The predicted molar refractivity (Wildman–Crippen MR) is 170 cm³/mol. The van der Waals surface area contributed by atoms with E-state index in [2.05, 4.69) is 24.1 Å². The van der Waals surface area contributed by atoms with Gasteiger partial charge in [-0.15, -0.1) is 0 Å². The molecule has 2 amide bonds. The summed E-state index contributed by atoms with van der Waals surface area (Å²) in [4.78, 5) is 25.3. The number of aliphatic hydroxyl groups is 7. The van der Waals surface area contributed by atoms with Crippen molar-refractivity contribution in [2.45, 2.75) is 132 Å². The van der Waals surface area contributed by atoms with Crippen LogP contribution in [0.1, 0.15) is 71.6 Å². The topological polar surface area (TPSA) is 246 Å². The van der Waals surface area contributed by atoms with Crippen LogP contribution in [0.25, 0.3) is 0 Å². The first-order valence-corrected chi connectivity index (χ1v) is 16.9. The Labute approximate surface area is 282 Å². The average Bonchev–Trinajstić information content (AvgIpc) is 3.08. The van der Waals surface area contributed by atoms with Gasteiger partial charge in [0.2, 0.25) is 5.91 Å². The maximum absolute atomic E-state index is 12.7. The summed E-state index contributed by atoms with van der Waals surface area (Å²) in [5.41, 5.74) is -1.77. The summed E-state index contributed by atoms with van der Waals surface area (Å²) in [5, 5.41) is 76.4. The van der Waals surface area contributed by atoms with Gasteiger partial charge in [0.25, 0.3) is 0 Å². The van der Waals surface area contributed by atoms with E-state index in [1.165, 1.54) is 32.1 Å². The third-order valence-corrected chi connectivity index (χ3v) is 8.74. The van der Waals surface area contributed by atoms with E-state index >= 15 is 0 Å². The maximum Gasteiger partial charge on any atom is 0.407 e. The van der Waals surface area contributed by atoms with E-state index in [1.54, 1.807) is 6.92 Å². The molecule has 5 unspecified atom stereocenters. The smallest absolute Gasteiger partial charge is 0.407 e. The predicted octanol–water partition coefficient (Wildman–Crippen LogP) is -0.807. The molecule has 16 heteroatoms. The van der Waals surface area contributed by atoms with Crippen LogP contribution in [-0.4, -0.2) is 148 Å². The number of aliphatic hydroxyl groups excluding tert-OH is 7. The van der Waals surface area contributed by atoms with Crippen molar-refractivity contribution in [2.75, 3.05) is 39.6 Å². The van der Waals surface area contributed by atoms with E-state index in [0.717, 1.165) is 31.8 Å². The summed E-state index contributed by atoms with van der Waals surface area (Å²) >= 11 is 0. The largest absolute Gasteiger partial charge is 0.447 e. The number of nitrogens with one attached hydrogen (secondary N) is 2. The monoisotopic (exact) mass is 694 g/mol. The SMILES string of the molecule is C=CC(=O)NC(COC(=O)NCCCCCCCCCCC)(CO[C@@H]1OC(CO)[C@@H](C)[C@H](O)C1O)CO[C@@H]1OC(CO)[C@@H](O)[C@H](O)C1O. The summed E-state index contributed by atoms with van der Waals surface area (Å²) in [6.07, 6.45) is -3.25. The molecule has 2 rings (SSSR count). The molecular formula is C32H58N2O14. The molecule has 0 saturated carbocycles. The number of hydrogen-bond acceptors (Lipinski definition) is 14. The van der Waals surface area contributed by atoms with Gasteiger partial charge in [-0.3, -0.25) is 4.79 Å². The van der Waals surface area contributed by atoms with Gasteiger partial charge in [-0.1, -0.05) is 71.8 Å². The highest BCUT2D eigenvalue weighted by molar-refractivity contribution is 5.87. The molecule has 16 nitrogen and oxygen atoms in total. The van der Waals surface area contributed by atoms with Crippen LogP contribution < -0.4 is 10.6 Å². The lowest BCUT2D eigenvalue weighted by Crippen LogP contribution is -2.63. The Balaban J connectivity index is 2.12. The molecule has 2 heterocycles. The van der Waals surface area contributed by atoms with Crippen molar-refractivity contribution in [3.63, 3.8) is 0 Å². The number of ether oxygens (including phenoxy) is 5. The number of hydrogen-bond donors (Lipinski definition) is 9. The lowest BCUT2D eigenvalue weighted by Gasteiger charge is -2.43. The zero-order valence-corrected chi connectivity index (χ0v) is 28.2. The third-order valence-electron chi connectivity index (χ3n) is 8.74. The van der Waals surface area contributed by atoms with Gasteiger partial charge in [-0.25, -0.2) is 4.79 Å². The van der Waals surface area contributed by atoms with E-state index < -0.39 is 112 Å². The molecule has 0 aromatic heterocycles. The van der Waals surface area contributed by atoms with Crippen LogP contribution in [0.3, 0.4) is 0 Å². The van der Waals surface area contributed by atoms with Crippen LogP contribution in [0.4, 0.5) is 4.79 Å². The molecule has 2 saturated heterocycles. The minimum atomic E-state index is -1.78. The minimum absolute atomic E-state index is 0.347. The quantitative estimate of drug-likeness (QED) is 0.0497. The Morgan fingerprint density at radius 2 is 1.27 bits per heavy atom.